The fourth-order valence-electron chi connectivity index (χ4n) is 6.00. The molecule has 29 heavy (non-hydrogen) atoms. The molecule has 0 radical (unpaired) electrons. The van der Waals surface area contributed by atoms with Crippen LogP contribution in [0.25, 0.3) is 0 Å². The van der Waals surface area contributed by atoms with Gasteiger partial charge < -0.3 is 15.0 Å². The quantitative estimate of drug-likeness (QED) is 0.527. The van der Waals surface area contributed by atoms with E-state index in [2.05, 4.69) is 46.2 Å². The summed E-state index contributed by atoms with van der Waals surface area (Å²) in [4.78, 5) is 2.41. The van der Waals surface area contributed by atoms with E-state index in [9.17, 15) is 4.39 Å². The molecule has 6 nitrogen and oxygen atoms in total. The molecule has 0 amide bonds. The van der Waals surface area contributed by atoms with Gasteiger partial charge in [0, 0.05) is 31.2 Å². The second kappa shape index (κ2) is 9.28. The first-order chi connectivity index (χ1) is 14.0. The number of nitrogens with zero attached hydrogens (tertiary/aromatic N) is 1. The number of likely N-dealkylation sites (N-methyl/N-ethyl adjacent to an activating group) is 1. The van der Waals surface area contributed by atoms with Crippen molar-refractivity contribution in [2.75, 3.05) is 33.8 Å². The van der Waals surface area contributed by atoms with Crippen LogP contribution in [0, 0.1) is 17.8 Å². The second-order valence-corrected chi connectivity index (χ2v) is 9.69. The molecule has 0 spiro atoms. The average Bonchev–Trinajstić information content (AvgIpc) is 3.05. The van der Waals surface area contributed by atoms with E-state index in [-0.39, 0.29) is 18.5 Å². The van der Waals surface area contributed by atoms with Crippen LogP contribution in [0.1, 0.15) is 39.5 Å². The highest BCUT2D eigenvalue weighted by atomic mass is 19.1. The van der Waals surface area contributed by atoms with E-state index >= 15 is 0 Å². The Morgan fingerprint density at radius 3 is 2.90 bits per heavy atom. The standard InChI is InChI=1S/C22H40FN5O/c1-13-17(26-22-25-14(2)19(23)21(24-3)27-22)12-16-8-11-29-20(16)18(13)15-6-5-9-28(4)10-7-15/h7,13-14,16-22,24-27H,5-6,8-12H2,1-4H3. The number of fused-ring (bicyclic) bond motifs is 1. The number of hydrogen-bond donors (Lipinski definition) is 4. The summed E-state index contributed by atoms with van der Waals surface area (Å²) in [6.07, 6.45) is 6.17. The highest BCUT2D eigenvalue weighted by molar-refractivity contribution is 5.17. The maximum atomic E-state index is 14.4. The monoisotopic (exact) mass is 409 g/mol. The summed E-state index contributed by atoms with van der Waals surface area (Å²) in [5, 5.41) is 13.6. The number of alkyl halides is 1. The molecule has 9 atom stereocenters. The van der Waals surface area contributed by atoms with Crippen molar-refractivity contribution in [3.05, 3.63) is 11.6 Å². The summed E-state index contributed by atoms with van der Waals surface area (Å²) < 4.78 is 20.7. The normalized spacial score (nSPS) is 46.8. The number of rotatable bonds is 4. The third-order valence-electron chi connectivity index (χ3n) is 7.74. The number of halogens is 1. The zero-order valence-electron chi connectivity index (χ0n) is 18.5. The van der Waals surface area contributed by atoms with Crippen LogP contribution in [-0.4, -0.2) is 75.5 Å². The zero-order valence-corrected chi connectivity index (χ0v) is 18.5. The summed E-state index contributed by atoms with van der Waals surface area (Å²) in [7, 11) is 4.02. The molecule has 1 saturated carbocycles. The number of hydrogen-bond acceptors (Lipinski definition) is 6. The van der Waals surface area contributed by atoms with Crippen LogP contribution in [0.15, 0.2) is 11.6 Å². The molecule has 2 saturated heterocycles. The fourth-order valence-corrected chi connectivity index (χ4v) is 6.00. The summed E-state index contributed by atoms with van der Waals surface area (Å²) in [5.74, 6) is 1.58. The molecular weight excluding hydrogens is 369 g/mol. The van der Waals surface area contributed by atoms with Gasteiger partial charge in [-0.05, 0) is 65.1 Å². The lowest BCUT2D eigenvalue weighted by molar-refractivity contribution is -0.0119. The first kappa shape index (κ1) is 21.7. The van der Waals surface area contributed by atoms with Crippen molar-refractivity contribution in [1.29, 1.82) is 0 Å². The van der Waals surface area contributed by atoms with Gasteiger partial charge in [-0.15, -0.1) is 0 Å². The van der Waals surface area contributed by atoms with E-state index < -0.39 is 6.17 Å². The molecule has 4 aliphatic rings. The Labute approximate surface area is 175 Å². The van der Waals surface area contributed by atoms with Crippen molar-refractivity contribution in [1.82, 2.24) is 26.2 Å². The van der Waals surface area contributed by atoms with Crippen molar-refractivity contribution in [3.8, 4) is 0 Å². The Morgan fingerprint density at radius 2 is 2.10 bits per heavy atom. The first-order valence-corrected chi connectivity index (χ1v) is 11.6. The molecule has 0 aromatic rings. The van der Waals surface area contributed by atoms with E-state index in [1.807, 2.05) is 14.0 Å². The van der Waals surface area contributed by atoms with E-state index in [0.29, 0.717) is 29.9 Å². The van der Waals surface area contributed by atoms with Gasteiger partial charge in [0.1, 0.15) is 12.5 Å². The smallest absolute Gasteiger partial charge is 0.143 e. The van der Waals surface area contributed by atoms with Crippen molar-refractivity contribution in [3.63, 3.8) is 0 Å². The molecule has 9 unspecified atom stereocenters. The largest absolute Gasteiger partial charge is 0.377 e. The lowest BCUT2D eigenvalue weighted by Crippen LogP contribution is -2.73. The molecule has 0 bridgehead atoms. The molecule has 0 aromatic carbocycles. The second-order valence-electron chi connectivity index (χ2n) is 9.69. The van der Waals surface area contributed by atoms with Gasteiger partial charge in [0.2, 0.25) is 0 Å². The van der Waals surface area contributed by atoms with Crippen LogP contribution in [0.4, 0.5) is 4.39 Å². The van der Waals surface area contributed by atoms with Crippen LogP contribution < -0.4 is 21.3 Å². The van der Waals surface area contributed by atoms with Crippen molar-refractivity contribution >= 4 is 0 Å². The lowest BCUT2D eigenvalue weighted by atomic mass is 9.66. The van der Waals surface area contributed by atoms with E-state index in [1.165, 1.54) is 19.4 Å². The van der Waals surface area contributed by atoms with Crippen LogP contribution in [-0.2, 0) is 4.74 Å². The van der Waals surface area contributed by atoms with Gasteiger partial charge in [-0.25, -0.2) is 4.39 Å². The molecule has 0 aromatic heterocycles. The summed E-state index contributed by atoms with van der Waals surface area (Å²) in [5.41, 5.74) is 1.60. The van der Waals surface area contributed by atoms with Crippen molar-refractivity contribution in [2.45, 2.75) is 76.3 Å². The van der Waals surface area contributed by atoms with Crippen molar-refractivity contribution < 1.29 is 9.13 Å². The third-order valence-corrected chi connectivity index (χ3v) is 7.74. The minimum absolute atomic E-state index is 0.0873. The molecular formula is C22H40FN5O. The van der Waals surface area contributed by atoms with Gasteiger partial charge in [0.25, 0.3) is 0 Å². The molecule has 166 valence electrons. The molecule has 3 heterocycles. The number of nitrogens with one attached hydrogen (secondary N) is 4. The van der Waals surface area contributed by atoms with E-state index in [4.69, 9.17) is 4.74 Å². The third kappa shape index (κ3) is 4.55. The maximum absolute atomic E-state index is 14.4. The fraction of sp³-hybridized carbons (Fsp3) is 0.909. The van der Waals surface area contributed by atoms with Gasteiger partial charge in [0.05, 0.1) is 12.3 Å². The summed E-state index contributed by atoms with van der Waals surface area (Å²) in [6.45, 7) is 7.40. The summed E-state index contributed by atoms with van der Waals surface area (Å²) in [6, 6.07) is 0.194. The van der Waals surface area contributed by atoms with Crippen molar-refractivity contribution in [2.24, 2.45) is 17.8 Å². The minimum atomic E-state index is -0.949. The van der Waals surface area contributed by atoms with Crippen LogP contribution in [0.2, 0.25) is 0 Å². The van der Waals surface area contributed by atoms with Crippen LogP contribution >= 0.6 is 0 Å². The highest BCUT2D eigenvalue weighted by Gasteiger charge is 2.48. The van der Waals surface area contributed by atoms with E-state index in [1.54, 1.807) is 5.57 Å². The Balaban J connectivity index is 1.49. The predicted octanol–water partition coefficient (Wildman–Crippen LogP) is 1.41. The molecule has 7 heteroatoms. The molecule has 1 aliphatic carbocycles. The highest BCUT2D eigenvalue weighted by Crippen LogP contribution is 2.45. The molecule has 3 fully saturated rings. The molecule has 3 aliphatic heterocycles. The van der Waals surface area contributed by atoms with Gasteiger partial charge in [0.15, 0.2) is 0 Å². The first-order valence-electron chi connectivity index (χ1n) is 11.6. The van der Waals surface area contributed by atoms with E-state index in [0.717, 1.165) is 26.0 Å². The topological polar surface area (TPSA) is 60.6 Å². The average molecular weight is 410 g/mol. The van der Waals surface area contributed by atoms with Gasteiger partial charge in [-0.3, -0.25) is 16.0 Å². The summed E-state index contributed by atoms with van der Waals surface area (Å²) >= 11 is 0. The Hall–Kier alpha value is -0.570. The van der Waals surface area contributed by atoms with Crippen LogP contribution in [0.3, 0.4) is 0 Å². The van der Waals surface area contributed by atoms with Gasteiger partial charge >= 0.3 is 0 Å². The van der Waals surface area contributed by atoms with Gasteiger partial charge in [-0.1, -0.05) is 18.6 Å². The van der Waals surface area contributed by atoms with Crippen LogP contribution in [0.5, 0.6) is 0 Å². The zero-order chi connectivity index (χ0) is 20.5. The Kier molecular flexibility index (Phi) is 6.93. The maximum Gasteiger partial charge on any atom is 0.143 e. The number of ether oxygens (including phenoxy) is 1. The molecule has 4 N–H and O–H groups in total. The minimum Gasteiger partial charge on any atom is -0.377 e. The predicted molar refractivity (Wildman–Crippen MR) is 114 cm³/mol. The molecule has 4 rings (SSSR count). The Bertz CT molecular complexity index is 590. The lowest BCUT2D eigenvalue weighted by Gasteiger charge is -2.47. The van der Waals surface area contributed by atoms with Gasteiger partial charge in [-0.2, -0.15) is 0 Å². The Morgan fingerprint density at radius 1 is 1.28 bits per heavy atom. The SMILES string of the molecule is CNC1NC(NC2CC3CCOC3C(C3=CCN(C)CCC3)C2C)NC(C)C1F.